The van der Waals surface area contributed by atoms with E-state index in [1.807, 2.05) is 16.6 Å². The molecule has 1 aliphatic heterocycles. The van der Waals surface area contributed by atoms with Crippen molar-refractivity contribution >= 4 is 23.4 Å². The van der Waals surface area contributed by atoms with Crippen molar-refractivity contribution in [3.05, 3.63) is 34.9 Å². The van der Waals surface area contributed by atoms with E-state index in [9.17, 15) is 0 Å². The van der Waals surface area contributed by atoms with Crippen LogP contribution in [0.4, 0.5) is 0 Å². The molecule has 1 aromatic rings. The van der Waals surface area contributed by atoms with E-state index >= 15 is 0 Å². The van der Waals surface area contributed by atoms with Crippen molar-refractivity contribution < 1.29 is 0 Å². The highest BCUT2D eigenvalue weighted by Gasteiger charge is 2.36. The summed E-state index contributed by atoms with van der Waals surface area (Å²) < 4.78 is 1.89. The molecule has 0 aliphatic carbocycles. The second-order valence-electron chi connectivity index (χ2n) is 5.43. The van der Waals surface area contributed by atoms with Gasteiger partial charge in [0.05, 0.1) is 0 Å². The number of likely N-dealkylation sites (N-methyl/N-ethyl adjacent to an activating group) is 1. The third-order valence-corrected chi connectivity index (χ3v) is 4.33. The highest BCUT2D eigenvalue weighted by molar-refractivity contribution is 6.30. The first-order chi connectivity index (χ1) is 8.52. The monoisotopic (exact) mass is 286 g/mol. The molecule has 0 aromatic heterocycles. The van der Waals surface area contributed by atoms with E-state index in [1.54, 1.807) is 0 Å². The summed E-state index contributed by atoms with van der Waals surface area (Å²) in [7, 11) is 4.26. The Morgan fingerprint density at radius 2 is 1.72 bits per heavy atom. The van der Waals surface area contributed by atoms with Crippen LogP contribution >= 0.6 is 23.4 Å². The van der Waals surface area contributed by atoms with Crippen molar-refractivity contribution in [3.63, 3.8) is 0 Å². The number of hydrogen-bond acceptors (Lipinski definition) is 2. The van der Waals surface area contributed by atoms with Crippen LogP contribution in [0.15, 0.2) is 24.3 Å². The lowest BCUT2D eigenvalue weighted by molar-refractivity contribution is 0.187. The molecule has 0 bridgehead atoms. The van der Waals surface area contributed by atoms with Crippen LogP contribution in [-0.4, -0.2) is 43.0 Å². The fraction of sp³-hybridized carbons (Fsp3) is 0.571. The van der Waals surface area contributed by atoms with Crippen LogP contribution in [0, 0.1) is 0 Å². The van der Waals surface area contributed by atoms with Crippen molar-refractivity contribution in [1.82, 2.24) is 9.32 Å². The molecule has 1 aromatic carbocycles. The molecule has 2 nitrogen and oxygen atoms in total. The van der Waals surface area contributed by atoms with E-state index < -0.39 is 0 Å². The summed E-state index contributed by atoms with van der Waals surface area (Å²) in [4.78, 5) is 2.26. The SMILES string of the molecule is CN(C)CC1(c2ccc(Cl)cc2)CCN(Cl)CC1. The van der Waals surface area contributed by atoms with Crippen LogP contribution in [0.2, 0.25) is 5.02 Å². The van der Waals surface area contributed by atoms with Gasteiger partial charge in [-0.3, -0.25) is 0 Å². The van der Waals surface area contributed by atoms with Crippen molar-refractivity contribution in [2.24, 2.45) is 0 Å². The Bertz CT molecular complexity index is 381. The van der Waals surface area contributed by atoms with Gasteiger partial charge in [-0.2, -0.15) is 0 Å². The largest absolute Gasteiger partial charge is 0.309 e. The van der Waals surface area contributed by atoms with Crippen molar-refractivity contribution in [3.8, 4) is 0 Å². The molecule has 4 heteroatoms. The second-order valence-corrected chi connectivity index (χ2v) is 6.35. The van der Waals surface area contributed by atoms with Gasteiger partial charge in [-0.1, -0.05) is 23.7 Å². The van der Waals surface area contributed by atoms with E-state index in [2.05, 4.69) is 31.1 Å². The van der Waals surface area contributed by atoms with Crippen LogP contribution in [0.5, 0.6) is 0 Å². The average Bonchev–Trinajstić information content (AvgIpc) is 2.33. The van der Waals surface area contributed by atoms with Crippen LogP contribution in [0.25, 0.3) is 0 Å². The van der Waals surface area contributed by atoms with Crippen molar-refractivity contribution in [1.29, 1.82) is 0 Å². The molecular formula is C14H20Cl2N2. The number of rotatable bonds is 3. The lowest BCUT2D eigenvalue weighted by Crippen LogP contribution is -2.45. The highest BCUT2D eigenvalue weighted by atomic mass is 35.5. The third-order valence-electron chi connectivity index (χ3n) is 3.74. The average molecular weight is 287 g/mol. The summed E-state index contributed by atoms with van der Waals surface area (Å²) >= 11 is 12.1. The van der Waals surface area contributed by atoms with Gasteiger partial charge in [0.2, 0.25) is 0 Å². The minimum absolute atomic E-state index is 0.208. The minimum atomic E-state index is 0.208. The molecule has 0 N–H and O–H groups in total. The molecule has 1 fully saturated rings. The van der Waals surface area contributed by atoms with E-state index in [1.165, 1.54) is 5.56 Å². The Hall–Kier alpha value is -0.280. The maximum Gasteiger partial charge on any atom is 0.0406 e. The molecule has 1 heterocycles. The summed E-state index contributed by atoms with van der Waals surface area (Å²) in [5.41, 5.74) is 1.59. The fourth-order valence-corrected chi connectivity index (χ4v) is 3.15. The minimum Gasteiger partial charge on any atom is -0.309 e. The predicted octanol–water partition coefficient (Wildman–Crippen LogP) is 3.39. The Balaban J connectivity index is 2.27. The lowest BCUT2D eigenvalue weighted by Gasteiger charge is -2.42. The van der Waals surface area contributed by atoms with E-state index in [4.69, 9.17) is 23.4 Å². The van der Waals surface area contributed by atoms with Gasteiger partial charge in [0, 0.05) is 30.1 Å². The molecule has 0 amide bonds. The smallest absolute Gasteiger partial charge is 0.0406 e. The summed E-state index contributed by atoms with van der Waals surface area (Å²) in [5, 5.41) is 0.800. The van der Waals surface area contributed by atoms with Crippen molar-refractivity contribution in [2.45, 2.75) is 18.3 Å². The van der Waals surface area contributed by atoms with Gasteiger partial charge in [-0.25, -0.2) is 4.42 Å². The van der Waals surface area contributed by atoms with Gasteiger partial charge in [-0.15, -0.1) is 0 Å². The van der Waals surface area contributed by atoms with Crippen LogP contribution in [0.1, 0.15) is 18.4 Å². The Morgan fingerprint density at radius 1 is 1.17 bits per heavy atom. The van der Waals surface area contributed by atoms with Gasteiger partial charge in [0.25, 0.3) is 0 Å². The zero-order valence-corrected chi connectivity index (χ0v) is 12.5. The molecular weight excluding hydrogens is 267 g/mol. The van der Waals surface area contributed by atoms with Gasteiger partial charge in [-0.05, 0) is 56.4 Å². The molecule has 0 unspecified atom stereocenters. The Kier molecular flexibility index (Phi) is 4.54. The topological polar surface area (TPSA) is 6.48 Å². The molecule has 0 saturated carbocycles. The maximum absolute atomic E-state index is 6.09. The molecule has 0 atom stereocenters. The van der Waals surface area contributed by atoms with Crippen LogP contribution in [0.3, 0.4) is 0 Å². The van der Waals surface area contributed by atoms with E-state index in [0.29, 0.717) is 0 Å². The van der Waals surface area contributed by atoms with Crippen LogP contribution < -0.4 is 0 Å². The molecule has 0 radical (unpaired) electrons. The Morgan fingerprint density at radius 3 is 2.22 bits per heavy atom. The normalized spacial score (nSPS) is 20.3. The Labute approximate surface area is 120 Å². The summed E-state index contributed by atoms with van der Waals surface area (Å²) in [6.45, 7) is 2.94. The molecule has 1 saturated heterocycles. The quantitative estimate of drug-likeness (QED) is 0.786. The van der Waals surface area contributed by atoms with Gasteiger partial charge in [0.1, 0.15) is 0 Å². The number of halogens is 2. The lowest BCUT2D eigenvalue weighted by atomic mass is 9.73. The van der Waals surface area contributed by atoms with E-state index in [0.717, 1.165) is 37.5 Å². The summed E-state index contributed by atoms with van der Waals surface area (Å²) in [6.07, 6.45) is 2.19. The zero-order chi connectivity index (χ0) is 13.2. The maximum atomic E-state index is 6.09. The van der Waals surface area contributed by atoms with Gasteiger partial charge >= 0.3 is 0 Å². The number of nitrogens with zero attached hydrogens (tertiary/aromatic N) is 2. The number of hydrogen-bond donors (Lipinski definition) is 0. The first kappa shape index (κ1) is 14.1. The first-order valence-electron chi connectivity index (χ1n) is 6.33. The van der Waals surface area contributed by atoms with Gasteiger partial charge in [0.15, 0.2) is 0 Å². The summed E-state index contributed by atoms with van der Waals surface area (Å²) in [5.74, 6) is 0. The number of piperidine rings is 1. The molecule has 0 spiro atoms. The summed E-state index contributed by atoms with van der Waals surface area (Å²) in [6, 6.07) is 8.30. The number of benzene rings is 1. The van der Waals surface area contributed by atoms with E-state index in [-0.39, 0.29) is 5.41 Å². The predicted molar refractivity (Wildman–Crippen MR) is 78.3 cm³/mol. The van der Waals surface area contributed by atoms with Crippen LogP contribution in [-0.2, 0) is 5.41 Å². The first-order valence-corrected chi connectivity index (χ1v) is 7.05. The zero-order valence-electron chi connectivity index (χ0n) is 11.0. The molecule has 1 aliphatic rings. The standard InChI is InChI=1S/C14H20Cl2N2/c1-17(2)11-14(7-9-18(16)10-8-14)12-3-5-13(15)6-4-12/h3-6H,7-11H2,1-2H3. The third kappa shape index (κ3) is 3.18. The second kappa shape index (κ2) is 5.79. The highest BCUT2D eigenvalue weighted by Crippen LogP contribution is 2.37. The van der Waals surface area contributed by atoms with Gasteiger partial charge < -0.3 is 4.90 Å². The molecule has 18 heavy (non-hydrogen) atoms. The fourth-order valence-electron chi connectivity index (χ4n) is 2.85. The molecule has 2 rings (SSSR count). The molecule has 100 valence electrons. The van der Waals surface area contributed by atoms with Crippen molar-refractivity contribution in [2.75, 3.05) is 33.7 Å².